The molecule has 0 fully saturated rings. The first-order chi connectivity index (χ1) is 14.8. The lowest BCUT2D eigenvalue weighted by Gasteiger charge is -2.23. The highest BCUT2D eigenvalue weighted by Gasteiger charge is 2.27. The van der Waals surface area contributed by atoms with Crippen LogP contribution in [-0.4, -0.2) is 30.9 Å². The van der Waals surface area contributed by atoms with Gasteiger partial charge in [-0.2, -0.15) is 5.10 Å². The maximum atomic E-state index is 13.6. The van der Waals surface area contributed by atoms with E-state index in [1.165, 1.54) is 0 Å². The van der Waals surface area contributed by atoms with Crippen LogP contribution in [0.4, 0.5) is 0 Å². The zero-order valence-electron chi connectivity index (χ0n) is 18.3. The summed E-state index contributed by atoms with van der Waals surface area (Å²) in [7, 11) is 1.88. The summed E-state index contributed by atoms with van der Waals surface area (Å²) < 4.78 is 12.6. The van der Waals surface area contributed by atoms with E-state index in [0.717, 1.165) is 28.2 Å². The molecule has 0 spiro atoms. The molecule has 31 heavy (non-hydrogen) atoms. The van der Waals surface area contributed by atoms with Gasteiger partial charge < -0.3 is 13.9 Å². The molecular formula is C23H25N5O3. The molecule has 0 unspecified atom stereocenters. The second-order valence-corrected chi connectivity index (χ2v) is 7.69. The molecule has 0 atom stereocenters. The number of carbonyl (C=O) groups excluding carboxylic acids is 1. The first-order valence-corrected chi connectivity index (χ1v) is 10.1. The van der Waals surface area contributed by atoms with Gasteiger partial charge in [0.1, 0.15) is 22.8 Å². The topological polar surface area (TPSA) is 90.2 Å². The van der Waals surface area contributed by atoms with Crippen molar-refractivity contribution in [2.45, 2.75) is 40.8 Å². The second kappa shape index (κ2) is 8.22. The Hall–Kier alpha value is -3.68. The van der Waals surface area contributed by atoms with Crippen molar-refractivity contribution in [2.75, 3.05) is 0 Å². The molecule has 1 aromatic carbocycles. The van der Waals surface area contributed by atoms with Crippen LogP contribution in [0.25, 0.3) is 11.3 Å². The van der Waals surface area contributed by atoms with Crippen molar-refractivity contribution in [1.29, 1.82) is 0 Å². The number of hydrogen-bond acceptors (Lipinski definition) is 6. The Morgan fingerprint density at radius 3 is 2.32 bits per heavy atom. The van der Waals surface area contributed by atoms with E-state index in [9.17, 15) is 4.79 Å². The Kier molecular flexibility index (Phi) is 5.46. The molecule has 0 aliphatic heterocycles. The fourth-order valence-electron chi connectivity index (χ4n) is 3.74. The quantitative estimate of drug-likeness (QED) is 0.467. The van der Waals surface area contributed by atoms with Gasteiger partial charge in [-0.3, -0.25) is 9.48 Å². The number of aromatic nitrogens is 4. The maximum Gasteiger partial charge on any atom is 0.260 e. The lowest BCUT2D eigenvalue weighted by molar-refractivity contribution is 0.0723. The van der Waals surface area contributed by atoms with Crippen LogP contribution in [0.5, 0.6) is 0 Å². The van der Waals surface area contributed by atoms with Crippen molar-refractivity contribution in [1.82, 2.24) is 25.0 Å². The van der Waals surface area contributed by atoms with Crippen molar-refractivity contribution in [2.24, 2.45) is 7.05 Å². The summed E-state index contributed by atoms with van der Waals surface area (Å²) in [5, 5.41) is 12.6. The Morgan fingerprint density at radius 1 is 1.00 bits per heavy atom. The highest BCUT2D eigenvalue weighted by Crippen LogP contribution is 2.28. The van der Waals surface area contributed by atoms with E-state index in [-0.39, 0.29) is 5.91 Å². The molecule has 0 radical (unpaired) electrons. The van der Waals surface area contributed by atoms with E-state index in [4.69, 9.17) is 9.05 Å². The minimum absolute atomic E-state index is 0.158. The fraction of sp³-hybridized carbons (Fsp3) is 0.304. The Morgan fingerprint density at radius 2 is 1.71 bits per heavy atom. The zero-order valence-corrected chi connectivity index (χ0v) is 18.3. The summed E-state index contributed by atoms with van der Waals surface area (Å²) in [6.07, 6.45) is 0. The van der Waals surface area contributed by atoms with E-state index in [1.807, 2.05) is 57.3 Å². The van der Waals surface area contributed by atoms with Gasteiger partial charge in [0.2, 0.25) is 0 Å². The van der Waals surface area contributed by atoms with E-state index in [0.29, 0.717) is 35.9 Å². The smallest absolute Gasteiger partial charge is 0.260 e. The molecule has 0 saturated carbocycles. The molecule has 0 bridgehead atoms. The van der Waals surface area contributed by atoms with Crippen molar-refractivity contribution in [3.8, 4) is 11.3 Å². The lowest BCUT2D eigenvalue weighted by Crippen LogP contribution is -2.32. The van der Waals surface area contributed by atoms with E-state index in [1.54, 1.807) is 23.4 Å². The Balaban J connectivity index is 1.75. The van der Waals surface area contributed by atoms with Crippen LogP contribution < -0.4 is 0 Å². The number of amides is 1. The Bertz CT molecular complexity index is 1200. The number of nitrogens with zero attached hydrogens (tertiary/aromatic N) is 5. The van der Waals surface area contributed by atoms with Crippen LogP contribution in [0.1, 0.15) is 44.5 Å². The number of rotatable bonds is 6. The van der Waals surface area contributed by atoms with Crippen LogP contribution in [0.3, 0.4) is 0 Å². The standard InChI is InChI=1S/C23H25N5O3/c1-14-11-19(27(5)24-14)12-28(23(29)21-15(2)25-31-17(21)4)13-20-16(3)30-26-22(20)18-9-7-6-8-10-18/h6-11H,12-13H2,1-5H3. The second-order valence-electron chi connectivity index (χ2n) is 7.69. The molecule has 4 rings (SSSR count). The monoisotopic (exact) mass is 419 g/mol. The molecule has 0 N–H and O–H groups in total. The van der Waals surface area contributed by atoms with E-state index in [2.05, 4.69) is 15.4 Å². The highest BCUT2D eigenvalue weighted by atomic mass is 16.5. The largest absolute Gasteiger partial charge is 0.361 e. The van der Waals surface area contributed by atoms with Crippen LogP contribution in [0, 0.1) is 27.7 Å². The molecule has 1 amide bonds. The molecule has 3 aromatic heterocycles. The summed E-state index contributed by atoms with van der Waals surface area (Å²) in [4.78, 5) is 15.4. The molecular weight excluding hydrogens is 394 g/mol. The summed E-state index contributed by atoms with van der Waals surface area (Å²) in [5.41, 5.74) is 5.41. The summed E-state index contributed by atoms with van der Waals surface area (Å²) in [6, 6.07) is 11.8. The molecule has 3 heterocycles. The fourth-order valence-corrected chi connectivity index (χ4v) is 3.74. The van der Waals surface area contributed by atoms with E-state index < -0.39 is 0 Å². The van der Waals surface area contributed by atoms with Crippen LogP contribution >= 0.6 is 0 Å². The average molecular weight is 419 g/mol. The third kappa shape index (κ3) is 4.01. The number of carbonyl (C=O) groups is 1. The predicted octanol–water partition coefficient (Wildman–Crippen LogP) is 4.14. The molecule has 8 heteroatoms. The van der Waals surface area contributed by atoms with Crippen molar-refractivity contribution in [3.05, 3.63) is 76.1 Å². The van der Waals surface area contributed by atoms with Gasteiger partial charge in [-0.15, -0.1) is 0 Å². The molecule has 0 aliphatic rings. The molecule has 160 valence electrons. The lowest BCUT2D eigenvalue weighted by atomic mass is 10.0. The molecule has 8 nitrogen and oxygen atoms in total. The third-order valence-electron chi connectivity index (χ3n) is 5.37. The zero-order chi connectivity index (χ0) is 22.1. The van der Waals surface area contributed by atoms with Crippen LogP contribution in [0.2, 0.25) is 0 Å². The molecule has 0 saturated heterocycles. The summed E-state index contributed by atoms with van der Waals surface area (Å²) in [6.45, 7) is 8.02. The van der Waals surface area contributed by atoms with E-state index >= 15 is 0 Å². The SMILES string of the molecule is Cc1cc(CN(Cc2c(-c3ccccc3)noc2C)C(=O)c2c(C)noc2C)n(C)n1. The molecule has 4 aromatic rings. The summed E-state index contributed by atoms with van der Waals surface area (Å²) in [5.74, 6) is 1.02. The third-order valence-corrected chi connectivity index (χ3v) is 5.37. The van der Waals surface area contributed by atoms with Crippen LogP contribution in [-0.2, 0) is 20.1 Å². The van der Waals surface area contributed by atoms with Crippen molar-refractivity contribution in [3.63, 3.8) is 0 Å². The minimum Gasteiger partial charge on any atom is -0.361 e. The minimum atomic E-state index is -0.158. The molecule has 0 aliphatic carbocycles. The number of hydrogen-bond donors (Lipinski definition) is 0. The van der Waals surface area contributed by atoms with Crippen molar-refractivity contribution >= 4 is 5.91 Å². The normalized spacial score (nSPS) is 11.1. The maximum absolute atomic E-state index is 13.6. The van der Waals surface area contributed by atoms with Gasteiger partial charge in [-0.25, -0.2) is 0 Å². The highest BCUT2D eigenvalue weighted by molar-refractivity contribution is 5.96. The van der Waals surface area contributed by atoms with Crippen molar-refractivity contribution < 1.29 is 13.8 Å². The van der Waals surface area contributed by atoms with Gasteiger partial charge in [0.05, 0.1) is 30.2 Å². The van der Waals surface area contributed by atoms with Gasteiger partial charge in [0.25, 0.3) is 5.91 Å². The Labute approximate surface area is 180 Å². The van der Waals surface area contributed by atoms with Gasteiger partial charge in [-0.05, 0) is 33.8 Å². The number of benzene rings is 1. The average Bonchev–Trinajstić information content (AvgIpc) is 3.38. The predicted molar refractivity (Wildman–Crippen MR) is 114 cm³/mol. The van der Waals surface area contributed by atoms with Crippen LogP contribution in [0.15, 0.2) is 45.4 Å². The first kappa shape index (κ1) is 20.6. The first-order valence-electron chi connectivity index (χ1n) is 10.1. The summed E-state index contributed by atoms with van der Waals surface area (Å²) >= 11 is 0. The van der Waals surface area contributed by atoms with Gasteiger partial charge >= 0.3 is 0 Å². The van der Waals surface area contributed by atoms with Gasteiger partial charge in [0.15, 0.2) is 0 Å². The van der Waals surface area contributed by atoms with Gasteiger partial charge in [0, 0.05) is 18.2 Å². The number of aryl methyl sites for hydroxylation is 5. The van der Waals surface area contributed by atoms with Gasteiger partial charge in [-0.1, -0.05) is 40.6 Å².